The van der Waals surface area contributed by atoms with Crippen LogP contribution in [0.1, 0.15) is 75.6 Å². The number of hydrogen-bond acceptors (Lipinski definition) is 2. The van der Waals surface area contributed by atoms with E-state index >= 15 is 0 Å². The second kappa shape index (κ2) is 17.1. The Balaban J connectivity index is 0.903. The summed E-state index contributed by atoms with van der Waals surface area (Å²) in [5, 5.41) is 12.6. The van der Waals surface area contributed by atoms with Crippen LogP contribution >= 0.6 is 0 Å². The minimum Gasteiger partial charge on any atom is -0.310 e. The molecule has 0 spiro atoms. The van der Waals surface area contributed by atoms with Gasteiger partial charge >= 0.3 is 0 Å². The van der Waals surface area contributed by atoms with Gasteiger partial charge in [-0.05, 0) is 221 Å². The summed E-state index contributed by atoms with van der Waals surface area (Å²) in [4.78, 5) is 4.94. The van der Waals surface area contributed by atoms with Crippen LogP contribution in [0.2, 0.25) is 0 Å². The molecule has 2 aliphatic carbocycles. The van der Waals surface area contributed by atoms with E-state index in [1.165, 1.54) is 110 Å². The summed E-state index contributed by atoms with van der Waals surface area (Å²) in [5.74, 6) is 0. The quantitative estimate of drug-likeness (QED) is 0.135. The largest absolute Gasteiger partial charge is 0.310 e. The molecular formula is C72H58N2. The van der Waals surface area contributed by atoms with E-state index in [0.717, 1.165) is 48.4 Å². The van der Waals surface area contributed by atoms with Gasteiger partial charge in [-0.3, -0.25) is 0 Å². The molecule has 0 heterocycles. The van der Waals surface area contributed by atoms with Crippen molar-refractivity contribution in [2.45, 2.75) is 64.2 Å². The number of fused-ring (bicyclic) bond motifs is 11. The minimum atomic E-state index is -0.134. The third-order valence-electron chi connectivity index (χ3n) is 17.7. The lowest BCUT2D eigenvalue weighted by Gasteiger charge is -2.32. The third kappa shape index (κ3) is 6.63. The van der Waals surface area contributed by atoms with Crippen LogP contribution in [-0.4, -0.2) is 0 Å². The fourth-order valence-corrected chi connectivity index (χ4v) is 13.7. The zero-order chi connectivity index (χ0) is 49.7. The molecule has 0 saturated heterocycles. The van der Waals surface area contributed by atoms with Crippen molar-refractivity contribution in [1.29, 1.82) is 0 Å². The Morgan fingerprint density at radius 1 is 0.230 bits per heavy atom. The Morgan fingerprint density at radius 3 is 0.784 bits per heavy atom. The van der Waals surface area contributed by atoms with Crippen molar-refractivity contribution >= 4 is 88.0 Å². The van der Waals surface area contributed by atoms with Gasteiger partial charge in [0.15, 0.2) is 0 Å². The van der Waals surface area contributed by atoms with Crippen LogP contribution in [0.3, 0.4) is 0 Å². The predicted molar refractivity (Wildman–Crippen MR) is 317 cm³/mol. The van der Waals surface area contributed by atoms with E-state index in [-0.39, 0.29) is 10.8 Å². The van der Waals surface area contributed by atoms with E-state index in [0.29, 0.717) is 0 Å². The zero-order valence-corrected chi connectivity index (χ0v) is 42.7. The molecule has 0 unspecified atom stereocenters. The van der Waals surface area contributed by atoms with Crippen LogP contribution in [0, 0.1) is 0 Å². The molecule has 2 aliphatic rings. The normalized spacial score (nSPS) is 13.8. The molecule has 2 nitrogen and oxygen atoms in total. The van der Waals surface area contributed by atoms with Gasteiger partial charge in [0.05, 0.1) is 0 Å². The van der Waals surface area contributed by atoms with Crippen LogP contribution in [-0.2, 0) is 10.8 Å². The van der Waals surface area contributed by atoms with Crippen molar-refractivity contribution in [3.05, 3.63) is 253 Å². The third-order valence-corrected chi connectivity index (χ3v) is 17.7. The summed E-state index contributed by atoms with van der Waals surface area (Å²) in [6.45, 7) is 9.60. The van der Waals surface area contributed by atoms with Gasteiger partial charge in [0.25, 0.3) is 0 Å². The molecule has 0 radical (unpaired) electrons. The monoisotopic (exact) mass is 950 g/mol. The number of nitrogens with zero attached hydrogens (tertiary/aromatic N) is 2. The van der Waals surface area contributed by atoms with Gasteiger partial charge in [0.1, 0.15) is 0 Å². The maximum Gasteiger partial charge on any atom is 0.0468 e. The minimum absolute atomic E-state index is 0.134. The highest BCUT2D eigenvalue weighted by molar-refractivity contribution is 6.01. The van der Waals surface area contributed by atoms with E-state index in [9.17, 15) is 0 Å². The Hall–Kier alpha value is -8.46. The second-order valence-corrected chi connectivity index (χ2v) is 21.0. The van der Waals surface area contributed by atoms with Crippen molar-refractivity contribution in [3.63, 3.8) is 0 Å². The fraction of sp³-hybridized carbons (Fsp3) is 0.139. The Labute approximate surface area is 434 Å². The van der Waals surface area contributed by atoms with Gasteiger partial charge in [-0.1, -0.05) is 161 Å². The second-order valence-electron chi connectivity index (χ2n) is 21.0. The van der Waals surface area contributed by atoms with Crippen LogP contribution in [0.25, 0.3) is 76.1 Å². The fourth-order valence-electron chi connectivity index (χ4n) is 13.7. The van der Waals surface area contributed by atoms with E-state index in [1.807, 2.05) is 0 Å². The number of hydrogen-bond donors (Lipinski definition) is 0. The average molecular weight is 951 g/mol. The maximum absolute atomic E-state index is 2.58. The summed E-state index contributed by atoms with van der Waals surface area (Å²) >= 11 is 0. The average Bonchev–Trinajstić information content (AvgIpc) is 3.88. The molecular weight excluding hydrogens is 893 g/mol. The molecule has 356 valence electrons. The summed E-state index contributed by atoms with van der Waals surface area (Å²) in [5.41, 5.74) is 18.0. The van der Waals surface area contributed by atoms with Gasteiger partial charge in [0, 0.05) is 45.0 Å². The van der Waals surface area contributed by atoms with Crippen LogP contribution in [0.5, 0.6) is 0 Å². The highest BCUT2D eigenvalue weighted by Crippen LogP contribution is 2.58. The van der Waals surface area contributed by atoms with E-state index in [1.54, 1.807) is 0 Å². The molecule has 0 amide bonds. The lowest BCUT2D eigenvalue weighted by atomic mass is 9.72. The molecule has 74 heavy (non-hydrogen) atoms. The molecule has 0 bridgehead atoms. The molecule has 14 rings (SSSR count). The van der Waals surface area contributed by atoms with Gasteiger partial charge in [-0.15, -0.1) is 0 Å². The highest BCUT2D eigenvalue weighted by atomic mass is 15.1. The zero-order valence-electron chi connectivity index (χ0n) is 42.7. The van der Waals surface area contributed by atoms with Gasteiger partial charge in [-0.25, -0.2) is 0 Å². The van der Waals surface area contributed by atoms with E-state index < -0.39 is 0 Å². The molecule has 0 N–H and O–H groups in total. The summed E-state index contributed by atoms with van der Waals surface area (Å²) in [7, 11) is 0. The summed E-state index contributed by atoms with van der Waals surface area (Å²) in [6, 6.07) is 87.3. The SMILES string of the molecule is CCC1(CC)c2cc(N(c3ccc4ccccc4c3)c3ccc4ccccc4c3)ccc2-c2cc3cc4c(cc3cc21)-c1ccc(N(c2ccc3ccccc3c2)c2ccc3ccccc3c2)cc1C4(CC)CC. The first-order valence-electron chi connectivity index (χ1n) is 26.9. The van der Waals surface area contributed by atoms with Crippen molar-refractivity contribution in [1.82, 2.24) is 0 Å². The van der Waals surface area contributed by atoms with Crippen molar-refractivity contribution < 1.29 is 0 Å². The molecule has 12 aromatic carbocycles. The molecule has 0 fully saturated rings. The molecule has 0 atom stereocenters. The molecule has 2 heteroatoms. The lowest BCUT2D eigenvalue weighted by Crippen LogP contribution is -2.24. The van der Waals surface area contributed by atoms with Crippen molar-refractivity contribution in [2.75, 3.05) is 9.80 Å². The van der Waals surface area contributed by atoms with Crippen molar-refractivity contribution in [2.24, 2.45) is 0 Å². The van der Waals surface area contributed by atoms with E-state index in [4.69, 9.17) is 0 Å². The van der Waals surface area contributed by atoms with Gasteiger partial charge < -0.3 is 9.80 Å². The number of anilines is 6. The van der Waals surface area contributed by atoms with Crippen molar-refractivity contribution in [3.8, 4) is 22.3 Å². The Kier molecular flexibility index (Phi) is 10.2. The van der Waals surface area contributed by atoms with Gasteiger partial charge in [-0.2, -0.15) is 0 Å². The number of rotatable bonds is 10. The predicted octanol–water partition coefficient (Wildman–Crippen LogP) is 20.6. The van der Waals surface area contributed by atoms with Gasteiger partial charge in [0.2, 0.25) is 0 Å². The van der Waals surface area contributed by atoms with Crippen LogP contribution < -0.4 is 9.80 Å². The van der Waals surface area contributed by atoms with E-state index in [2.05, 4.69) is 268 Å². The Bertz CT molecular complexity index is 3800. The standard InChI is InChI=1S/C72H58N2/c1-5-71(6-2)67-43-55-42-66-64-36-34-62(74(59-31-27-49-19-11-15-23-53(49)39-59)60-32-28-50-20-12-16-24-54(50)40-60)46-70(64)72(7-3,8-4)68(66)44-56(55)41-65(67)63-35-33-61(45-69(63)71)73(57-29-25-47-17-9-13-21-51(47)37-57)58-30-26-48-18-10-14-22-52(48)38-58/h9-46H,5-8H2,1-4H3. The first-order valence-corrected chi connectivity index (χ1v) is 26.9. The molecule has 0 aliphatic heterocycles. The summed E-state index contributed by atoms with van der Waals surface area (Å²) < 4.78 is 0. The highest BCUT2D eigenvalue weighted by Gasteiger charge is 2.44. The van der Waals surface area contributed by atoms with Crippen LogP contribution in [0.15, 0.2) is 231 Å². The summed E-state index contributed by atoms with van der Waals surface area (Å²) in [6.07, 6.45) is 4.06. The maximum atomic E-state index is 2.58. The topological polar surface area (TPSA) is 6.48 Å². The molecule has 0 aromatic heterocycles. The first kappa shape index (κ1) is 44.3. The molecule has 0 saturated carbocycles. The Morgan fingerprint density at radius 2 is 0.486 bits per heavy atom. The number of benzene rings is 12. The first-order chi connectivity index (χ1) is 36.4. The smallest absolute Gasteiger partial charge is 0.0468 e. The lowest BCUT2D eigenvalue weighted by molar-refractivity contribution is 0.490. The van der Waals surface area contributed by atoms with Crippen LogP contribution in [0.4, 0.5) is 34.1 Å². The molecule has 12 aromatic rings.